The van der Waals surface area contributed by atoms with Crippen LogP contribution in [0.4, 0.5) is 9.59 Å². The van der Waals surface area contributed by atoms with Gasteiger partial charge in [-0.2, -0.15) is 0 Å². The Labute approximate surface area is 437 Å². The van der Waals surface area contributed by atoms with Gasteiger partial charge in [-0.1, -0.05) is 114 Å². The van der Waals surface area contributed by atoms with Crippen molar-refractivity contribution in [3.8, 4) is 0 Å². The maximum atomic E-state index is 13.4. The summed E-state index contributed by atoms with van der Waals surface area (Å²) in [5, 5.41) is 1.79. The molecule has 394 valence electrons. The van der Waals surface area contributed by atoms with Crippen molar-refractivity contribution in [1.29, 1.82) is 0 Å². The van der Waals surface area contributed by atoms with E-state index in [9.17, 15) is 14.4 Å². The van der Waals surface area contributed by atoms with Crippen molar-refractivity contribution in [3.05, 3.63) is 126 Å². The molecule has 5 aromatic heterocycles. The van der Waals surface area contributed by atoms with Gasteiger partial charge in [0.15, 0.2) is 5.78 Å². The van der Waals surface area contributed by atoms with E-state index in [2.05, 4.69) is 84.3 Å². The Hall–Kier alpha value is -6.22. The van der Waals surface area contributed by atoms with Gasteiger partial charge < -0.3 is 37.9 Å². The molecule has 2 unspecified atom stereocenters. The fraction of sp³-hybridized carbons (Fsp3) is 0.482. The number of ketones is 1. The minimum absolute atomic E-state index is 0.0599. The smallest absolute Gasteiger partial charge is 0.410 e. The van der Waals surface area contributed by atoms with Crippen LogP contribution >= 0.6 is 0 Å². The molecule has 0 spiro atoms. The topological polar surface area (TPSA) is 160 Å². The fourth-order valence-electron chi connectivity index (χ4n) is 9.48. The summed E-state index contributed by atoms with van der Waals surface area (Å²) in [5.41, 5.74) is 6.06. The van der Waals surface area contributed by atoms with E-state index in [0.29, 0.717) is 64.0 Å². The molecule has 0 radical (unpaired) electrons. The molecule has 18 heteroatoms. The third kappa shape index (κ3) is 13.9. The van der Waals surface area contributed by atoms with Crippen molar-refractivity contribution >= 4 is 61.7 Å². The Balaban J connectivity index is 0.000000198. The summed E-state index contributed by atoms with van der Waals surface area (Å²) < 4.78 is 29.2. The first-order valence-corrected chi connectivity index (χ1v) is 33.7. The molecule has 2 atom stereocenters. The van der Waals surface area contributed by atoms with Crippen LogP contribution in [0.25, 0.3) is 27.6 Å². The molecular weight excluding hydrogens is 967 g/mol. The maximum Gasteiger partial charge on any atom is 0.410 e. The Morgan fingerprint density at radius 1 is 0.662 bits per heavy atom. The third-order valence-corrected chi connectivity index (χ3v) is 17.1. The number of aromatic nitrogens is 7. The second-order valence-electron chi connectivity index (χ2n) is 22.5. The number of hydrogen-bond acceptors (Lipinski definition) is 11. The molecule has 7 heterocycles. The number of imidazole rings is 1. The largest absolute Gasteiger partial charge is 0.445 e. The van der Waals surface area contributed by atoms with Crippen LogP contribution < -0.4 is 0 Å². The highest BCUT2D eigenvalue weighted by Gasteiger charge is 2.33. The van der Waals surface area contributed by atoms with Gasteiger partial charge in [0.05, 0.1) is 11.2 Å². The van der Waals surface area contributed by atoms with Gasteiger partial charge in [-0.25, -0.2) is 29.5 Å². The van der Waals surface area contributed by atoms with E-state index in [-0.39, 0.29) is 48.9 Å². The van der Waals surface area contributed by atoms with Crippen LogP contribution in [-0.2, 0) is 45.6 Å². The standard InChI is InChI=1S/C30H41N5O3Si.C26H34N4O4Si/c1-22(2)28-32-26(24-12-9-14-33(18-24)30(36)38-19-23-10-7-6-8-11-23)27-25-13-15-34(29(25)31-20-35(27)28)21-37-16-17-39(3,4)5;1-35(2,3)15-14-33-19-30-13-11-22-23(27-18-28-25(22)30)24(31)21-10-7-12-29(16-21)26(32)34-17-20-8-5-4-6-9-20/h6-8,10-11,13,15,20,22,24H,9,12,14,16-19,21H2,1-5H3;4-6,8-9,11,13,18,21H,7,10,12,14-17,19H2,1-3H3. The molecule has 0 saturated carbocycles. The van der Waals surface area contributed by atoms with E-state index in [0.717, 1.165) is 82.5 Å². The molecule has 9 rings (SSSR count). The number of fused-ring (bicyclic) bond motifs is 4. The van der Waals surface area contributed by atoms with Gasteiger partial charge in [0.2, 0.25) is 0 Å². The first kappa shape index (κ1) is 54.1. The number of carbonyl (C=O) groups is 3. The second-order valence-corrected chi connectivity index (χ2v) is 33.7. The number of Topliss-reactive ketones (excluding diaryl/α,β-unsaturated/α-hetero) is 1. The highest BCUT2D eigenvalue weighted by atomic mass is 28.3. The second kappa shape index (κ2) is 24.4. The lowest BCUT2D eigenvalue weighted by molar-refractivity contribution is 0.0684. The monoisotopic (exact) mass is 1040 g/mol. The van der Waals surface area contributed by atoms with Crippen molar-refractivity contribution in [2.75, 3.05) is 39.4 Å². The molecule has 2 aliphatic heterocycles. The number of ether oxygens (including phenoxy) is 4. The number of carbonyl (C=O) groups excluding carboxylic acids is 3. The number of rotatable bonds is 18. The summed E-state index contributed by atoms with van der Waals surface area (Å²) in [6, 6.07) is 25.6. The summed E-state index contributed by atoms with van der Waals surface area (Å²) in [7, 11) is -2.29. The van der Waals surface area contributed by atoms with Crippen LogP contribution in [0.15, 0.2) is 97.8 Å². The zero-order chi connectivity index (χ0) is 52.4. The quantitative estimate of drug-likeness (QED) is 0.0457. The Morgan fingerprint density at radius 2 is 1.20 bits per heavy atom. The molecule has 0 aliphatic carbocycles. The molecule has 74 heavy (non-hydrogen) atoms. The maximum absolute atomic E-state index is 13.4. The Morgan fingerprint density at radius 3 is 1.77 bits per heavy atom. The molecule has 0 N–H and O–H groups in total. The van der Waals surface area contributed by atoms with E-state index in [4.69, 9.17) is 28.9 Å². The lowest BCUT2D eigenvalue weighted by atomic mass is 9.91. The van der Waals surface area contributed by atoms with Crippen LogP contribution in [0, 0.1) is 5.92 Å². The summed E-state index contributed by atoms with van der Waals surface area (Å²) in [6.07, 6.45) is 10.00. The number of amides is 2. The van der Waals surface area contributed by atoms with Gasteiger partial charge in [-0.3, -0.25) is 9.20 Å². The lowest BCUT2D eigenvalue weighted by Crippen LogP contribution is -2.42. The molecule has 7 aromatic rings. The minimum atomic E-state index is -1.15. The zero-order valence-electron chi connectivity index (χ0n) is 44.7. The van der Waals surface area contributed by atoms with E-state index in [1.165, 1.54) is 6.33 Å². The van der Waals surface area contributed by atoms with Gasteiger partial charge >= 0.3 is 12.2 Å². The fourth-order valence-corrected chi connectivity index (χ4v) is 11.0. The van der Waals surface area contributed by atoms with Crippen molar-refractivity contribution in [2.24, 2.45) is 5.92 Å². The van der Waals surface area contributed by atoms with Crippen LogP contribution in [0.3, 0.4) is 0 Å². The molecule has 2 saturated heterocycles. The van der Waals surface area contributed by atoms with Crippen molar-refractivity contribution < 1.29 is 33.3 Å². The lowest BCUT2D eigenvalue weighted by Gasteiger charge is -2.31. The average Bonchev–Trinajstić information content (AvgIpc) is 4.13. The number of nitrogens with zero attached hydrogens (tertiary/aromatic N) is 9. The normalized spacial score (nSPS) is 16.4. The van der Waals surface area contributed by atoms with Gasteiger partial charge in [0.1, 0.15) is 62.1 Å². The SMILES string of the molecule is CC(C)c1nc(C2CCCN(C(=O)OCc3ccccc3)C2)c2c3ccn(COCC[Si](C)(C)C)c3ncn12.C[Si](C)(C)CCOCn1ccc2c(C(=O)C3CCCN(C(=O)OCc4ccccc4)C3)ncnc21. The Bertz CT molecular complexity index is 2980. The van der Waals surface area contributed by atoms with Gasteiger partial charge in [0, 0.05) is 96.5 Å². The van der Waals surface area contributed by atoms with Crippen molar-refractivity contribution in [1.82, 2.24) is 43.3 Å². The summed E-state index contributed by atoms with van der Waals surface area (Å²) in [4.78, 5) is 61.2. The molecule has 16 nitrogen and oxygen atoms in total. The van der Waals surface area contributed by atoms with Gasteiger partial charge in [-0.05, 0) is 61.0 Å². The van der Waals surface area contributed by atoms with Crippen LogP contribution in [0.5, 0.6) is 0 Å². The van der Waals surface area contributed by atoms with Crippen molar-refractivity contribution in [3.63, 3.8) is 0 Å². The third-order valence-electron chi connectivity index (χ3n) is 13.7. The van der Waals surface area contributed by atoms with Crippen LogP contribution in [-0.4, -0.2) is 117 Å². The molecule has 2 aliphatic rings. The van der Waals surface area contributed by atoms with E-state index >= 15 is 0 Å². The Kier molecular flexibility index (Phi) is 17.8. The minimum Gasteiger partial charge on any atom is -0.445 e. The summed E-state index contributed by atoms with van der Waals surface area (Å²) >= 11 is 0. The summed E-state index contributed by atoms with van der Waals surface area (Å²) in [5.74, 6) is 0.996. The zero-order valence-corrected chi connectivity index (χ0v) is 46.7. The molecule has 0 bridgehead atoms. The first-order valence-electron chi connectivity index (χ1n) is 26.3. The summed E-state index contributed by atoms with van der Waals surface area (Å²) in [6.45, 7) is 23.5. The van der Waals surface area contributed by atoms with E-state index in [1.807, 2.05) is 88.7 Å². The average molecular weight is 1040 g/mol. The van der Waals surface area contributed by atoms with E-state index < -0.39 is 16.1 Å². The highest BCUT2D eigenvalue weighted by molar-refractivity contribution is 6.76. The predicted molar refractivity (Wildman–Crippen MR) is 294 cm³/mol. The number of piperidine rings is 2. The predicted octanol–water partition coefficient (Wildman–Crippen LogP) is 11.6. The highest BCUT2D eigenvalue weighted by Crippen LogP contribution is 2.35. The van der Waals surface area contributed by atoms with Crippen molar-refractivity contribution in [2.45, 2.75) is 129 Å². The molecule has 2 aromatic carbocycles. The number of likely N-dealkylation sites (tertiary alicyclic amines) is 2. The number of hydrogen-bond donors (Lipinski definition) is 0. The molecule has 2 fully saturated rings. The van der Waals surface area contributed by atoms with Gasteiger partial charge in [0.25, 0.3) is 0 Å². The van der Waals surface area contributed by atoms with Crippen LogP contribution in [0.2, 0.25) is 51.4 Å². The first-order chi connectivity index (χ1) is 35.5. The number of benzene rings is 2. The van der Waals surface area contributed by atoms with Crippen LogP contribution in [0.1, 0.15) is 84.5 Å². The molecule has 2 amide bonds. The van der Waals surface area contributed by atoms with E-state index in [1.54, 1.807) is 4.90 Å². The molecular formula is C56H75N9O7Si2. The van der Waals surface area contributed by atoms with Gasteiger partial charge in [-0.15, -0.1) is 0 Å².